The molecule has 67 heavy (non-hydrogen) atoms. The van der Waals surface area contributed by atoms with E-state index in [-0.39, 0.29) is 31.1 Å². The Hall–Kier alpha value is -1.11. The summed E-state index contributed by atoms with van der Waals surface area (Å²) >= 11 is 0. The molecule has 18 atom stereocenters. The van der Waals surface area contributed by atoms with Gasteiger partial charge in [-0.1, -0.05) is 32.9 Å². The minimum absolute atomic E-state index is 0.0381. The van der Waals surface area contributed by atoms with Crippen molar-refractivity contribution in [3.63, 3.8) is 0 Å². The number of rotatable bonds is 16. The molecule has 3 rings (SSSR count). The van der Waals surface area contributed by atoms with Gasteiger partial charge in [0.05, 0.1) is 59.5 Å². The molecule has 0 aromatic heterocycles. The average Bonchev–Trinajstić information content (AvgIpc) is 3.20. The van der Waals surface area contributed by atoms with Gasteiger partial charge in [0.15, 0.2) is 29.2 Å². The number of aliphatic hydroxyl groups is 2. The van der Waals surface area contributed by atoms with E-state index in [2.05, 4.69) is 44.2 Å². The summed E-state index contributed by atoms with van der Waals surface area (Å²) in [6, 6.07) is -0.0381. The van der Waals surface area contributed by atoms with Crippen LogP contribution in [-0.2, 0) is 56.4 Å². The zero-order valence-electron chi connectivity index (χ0n) is 45.9. The second kappa shape index (κ2) is 23.6. The minimum Gasteiger partial charge on any atom is -0.459 e. The molecule has 3 aliphatic rings. The summed E-state index contributed by atoms with van der Waals surface area (Å²) in [5.41, 5.74) is -3.43. The predicted octanol–water partition coefficient (Wildman–Crippen LogP) is 7.73. The fraction of sp³-hybridized carbons (Fsp3) is 0.959. The van der Waals surface area contributed by atoms with Gasteiger partial charge in [0.1, 0.15) is 17.8 Å². The highest BCUT2D eigenvalue weighted by Gasteiger charge is 2.55. The van der Waals surface area contributed by atoms with E-state index >= 15 is 0 Å². The van der Waals surface area contributed by atoms with Crippen LogP contribution >= 0.6 is 0 Å². The van der Waals surface area contributed by atoms with E-state index in [0.29, 0.717) is 18.7 Å². The van der Waals surface area contributed by atoms with Crippen LogP contribution in [0.3, 0.4) is 0 Å². The molecule has 0 aliphatic carbocycles. The summed E-state index contributed by atoms with van der Waals surface area (Å²) in [6.07, 6.45) is -5.99. The fourth-order valence-corrected chi connectivity index (χ4v) is 12.7. The fourth-order valence-electron chi connectivity index (χ4n) is 10.4. The number of cyclic esters (lactones) is 1. The highest BCUT2D eigenvalue weighted by Crippen LogP contribution is 2.43. The van der Waals surface area contributed by atoms with Crippen LogP contribution in [0.2, 0.25) is 39.3 Å². The van der Waals surface area contributed by atoms with Crippen LogP contribution in [0.5, 0.6) is 0 Å². The lowest BCUT2D eigenvalue weighted by Gasteiger charge is -2.51. The van der Waals surface area contributed by atoms with Crippen molar-refractivity contribution in [3.05, 3.63) is 0 Å². The Labute approximate surface area is 407 Å². The molecule has 2 unspecified atom stereocenters. The van der Waals surface area contributed by atoms with Crippen LogP contribution in [-0.4, -0.2) is 168 Å². The maximum atomic E-state index is 14.8. The molecular formula is C49H96N2O14Si2. The van der Waals surface area contributed by atoms with E-state index in [9.17, 15) is 15.0 Å². The molecule has 0 spiro atoms. The van der Waals surface area contributed by atoms with E-state index < -0.39 is 118 Å². The molecule has 0 aromatic carbocycles. The summed E-state index contributed by atoms with van der Waals surface area (Å²) < 4.78 is 66.8. The first-order valence-corrected chi connectivity index (χ1v) is 31.7. The van der Waals surface area contributed by atoms with Gasteiger partial charge in [0.2, 0.25) is 5.79 Å². The number of likely N-dealkylation sites (N-methyl/N-ethyl adjacent to an activating group) is 1. The van der Waals surface area contributed by atoms with E-state index in [1.165, 1.54) is 6.92 Å². The SMILES string of the molecule is CCOC(C)(C)O/N=C1\[C@H](C)C[C@@](C)(OC)[C@H](OC2O[C@@H](C)C[C@@H](N(C)C)[C@@H]2O[Si](C)(C)C)[C@@H](C)[C@H](OC2C[C@@](C)(OC)[C@@H](O[Si](C)(C)C)[C@H](C)O2)[C@@H](C)C(=O)O[C@H](CC)[C@@](C)(O)[C@H](O)[C@H]1C. The third-order valence-electron chi connectivity index (χ3n) is 14.1. The molecule has 3 heterocycles. The van der Waals surface area contributed by atoms with Crippen molar-refractivity contribution in [2.24, 2.45) is 28.8 Å². The Morgan fingerprint density at radius 2 is 1.39 bits per heavy atom. The number of esters is 1. The molecule has 3 fully saturated rings. The van der Waals surface area contributed by atoms with E-state index in [4.69, 9.17) is 56.7 Å². The lowest BCUT2D eigenvalue weighted by molar-refractivity contribution is -0.316. The molecule has 0 saturated carbocycles. The lowest BCUT2D eigenvalue weighted by Crippen LogP contribution is -2.63. The van der Waals surface area contributed by atoms with Crippen molar-refractivity contribution in [1.29, 1.82) is 0 Å². The van der Waals surface area contributed by atoms with Gasteiger partial charge in [0, 0.05) is 64.9 Å². The van der Waals surface area contributed by atoms with Gasteiger partial charge in [-0.2, -0.15) is 0 Å². The van der Waals surface area contributed by atoms with Crippen LogP contribution < -0.4 is 0 Å². The largest absolute Gasteiger partial charge is 0.459 e. The van der Waals surface area contributed by atoms with Crippen LogP contribution in [0.15, 0.2) is 5.16 Å². The van der Waals surface area contributed by atoms with Crippen LogP contribution in [0.1, 0.15) is 116 Å². The van der Waals surface area contributed by atoms with Crippen molar-refractivity contribution in [1.82, 2.24) is 4.90 Å². The maximum Gasteiger partial charge on any atom is 0.311 e. The zero-order valence-corrected chi connectivity index (χ0v) is 47.9. The first kappa shape index (κ1) is 60.2. The number of carbonyl (C=O) groups is 1. The monoisotopic (exact) mass is 993 g/mol. The number of methoxy groups -OCH3 is 2. The van der Waals surface area contributed by atoms with Gasteiger partial charge in [-0.05, 0) is 121 Å². The van der Waals surface area contributed by atoms with E-state index in [0.717, 1.165) is 6.42 Å². The molecule has 0 bridgehead atoms. The molecule has 3 saturated heterocycles. The molecule has 2 N–H and O–H groups in total. The molecule has 394 valence electrons. The number of oxime groups is 1. The lowest BCUT2D eigenvalue weighted by atomic mass is 9.73. The van der Waals surface area contributed by atoms with Gasteiger partial charge in [-0.25, -0.2) is 0 Å². The molecule has 0 aromatic rings. The third kappa shape index (κ3) is 15.5. The Kier molecular flexibility index (Phi) is 21.2. The van der Waals surface area contributed by atoms with Gasteiger partial charge < -0.3 is 66.7 Å². The Bertz CT molecular complexity index is 1590. The van der Waals surface area contributed by atoms with Crippen molar-refractivity contribution in [2.45, 2.75) is 245 Å². The Morgan fingerprint density at radius 3 is 1.90 bits per heavy atom. The number of hydrogen-bond donors (Lipinski definition) is 2. The van der Waals surface area contributed by atoms with Crippen molar-refractivity contribution in [3.8, 4) is 0 Å². The molecule has 16 nitrogen and oxygen atoms in total. The number of carbonyl (C=O) groups excluding carboxylic acids is 1. The molecule has 0 radical (unpaired) electrons. The summed E-state index contributed by atoms with van der Waals surface area (Å²) in [7, 11) is 3.16. The molecule has 0 amide bonds. The summed E-state index contributed by atoms with van der Waals surface area (Å²) in [4.78, 5) is 23.1. The number of nitrogens with zero attached hydrogens (tertiary/aromatic N) is 2. The molecule has 3 aliphatic heterocycles. The van der Waals surface area contributed by atoms with E-state index in [1.54, 1.807) is 48.8 Å². The number of hydrogen-bond acceptors (Lipinski definition) is 16. The predicted molar refractivity (Wildman–Crippen MR) is 265 cm³/mol. The first-order valence-electron chi connectivity index (χ1n) is 24.9. The number of aliphatic hydroxyl groups excluding tert-OH is 1. The van der Waals surface area contributed by atoms with Crippen molar-refractivity contribution < 1.29 is 66.6 Å². The van der Waals surface area contributed by atoms with Gasteiger partial charge in [-0.3, -0.25) is 4.79 Å². The summed E-state index contributed by atoms with van der Waals surface area (Å²) in [6.45, 7) is 37.5. The van der Waals surface area contributed by atoms with Crippen LogP contribution in [0.4, 0.5) is 0 Å². The van der Waals surface area contributed by atoms with Crippen LogP contribution in [0, 0.1) is 23.7 Å². The van der Waals surface area contributed by atoms with Gasteiger partial charge >= 0.3 is 5.97 Å². The topological polar surface area (TPSA) is 175 Å². The zero-order chi connectivity index (χ0) is 51.4. The third-order valence-corrected chi connectivity index (χ3v) is 16.0. The quantitative estimate of drug-likeness (QED) is 0.0665. The van der Waals surface area contributed by atoms with Crippen molar-refractivity contribution in [2.75, 3.05) is 34.9 Å². The first-order chi connectivity index (χ1) is 30.6. The second-order valence-electron chi connectivity index (χ2n) is 23.1. The molecule has 18 heteroatoms. The average molecular weight is 993 g/mol. The maximum absolute atomic E-state index is 14.8. The highest BCUT2D eigenvalue weighted by atomic mass is 28.4. The highest BCUT2D eigenvalue weighted by molar-refractivity contribution is 6.70. The minimum atomic E-state index is -2.20. The van der Waals surface area contributed by atoms with Gasteiger partial charge in [0.25, 0.3) is 0 Å². The van der Waals surface area contributed by atoms with Crippen LogP contribution in [0.25, 0.3) is 0 Å². The standard InChI is InChI=1S/C49H96N2O14Si2/c1-24-36-49(13,54)41(52)31(5)38(50-65-46(9,10)57-25-2)29(3)27-47(11,55-16)42(62-45-40(63-66(18,19)20)35(51(14)15)26-30(4)58-45)32(6)39(33(7)44(53)60-36)61-37-28-48(12,56-17)43(34(8)59-37)64-67(21,22)23/h29-37,39-43,45,52,54H,24-28H2,1-23H3/b50-38+/t29-,30+,31+,32+,33-,34+,35-,36-,37?,39+,40+,41-,42-,43+,45?,47-,48-,49-/m1/s1. The van der Waals surface area contributed by atoms with E-state index in [1.807, 2.05) is 62.6 Å². The summed E-state index contributed by atoms with van der Waals surface area (Å²) in [5, 5.41) is 29.2. The second-order valence-corrected chi connectivity index (χ2v) is 32.0. The van der Waals surface area contributed by atoms with Crippen molar-refractivity contribution >= 4 is 28.3 Å². The molecular weight excluding hydrogens is 897 g/mol. The van der Waals surface area contributed by atoms with Gasteiger partial charge in [-0.15, -0.1) is 0 Å². The Balaban J connectivity index is 2.39. The smallest absolute Gasteiger partial charge is 0.311 e. The number of ether oxygens (including phenoxy) is 8. The normalized spacial score (nSPS) is 42.1. The summed E-state index contributed by atoms with van der Waals surface area (Å²) in [5.74, 6) is -4.57. The Morgan fingerprint density at radius 1 is 0.821 bits per heavy atom.